The third-order valence-electron chi connectivity index (χ3n) is 5.50. The summed E-state index contributed by atoms with van der Waals surface area (Å²) in [6.07, 6.45) is 0.362. The van der Waals surface area contributed by atoms with Gasteiger partial charge in [0, 0.05) is 17.1 Å². The predicted octanol–water partition coefficient (Wildman–Crippen LogP) is 5.33. The van der Waals surface area contributed by atoms with Crippen LogP contribution in [0.1, 0.15) is 43.8 Å². The second kappa shape index (κ2) is 11.0. The van der Waals surface area contributed by atoms with Gasteiger partial charge >= 0.3 is 0 Å². The fraction of sp³-hybridized carbons (Fsp3) is 0.280. The van der Waals surface area contributed by atoms with Crippen molar-refractivity contribution in [2.24, 2.45) is 0 Å². The van der Waals surface area contributed by atoms with Crippen LogP contribution in [-0.4, -0.2) is 38.7 Å². The zero-order chi connectivity index (χ0) is 26.0. The first-order valence-corrected chi connectivity index (χ1v) is 12.6. The summed E-state index contributed by atoms with van der Waals surface area (Å²) in [5, 5.41) is 11.8. The molecule has 1 amide bonds. The Labute approximate surface area is 223 Å². The molecule has 8 nitrogen and oxygen atoms in total. The largest absolute Gasteiger partial charge is 0.325 e. The van der Waals surface area contributed by atoms with Gasteiger partial charge in [-0.05, 0) is 42.3 Å². The molecule has 4 aromatic rings. The van der Waals surface area contributed by atoms with Crippen molar-refractivity contribution in [1.82, 2.24) is 25.1 Å². The summed E-state index contributed by atoms with van der Waals surface area (Å²) in [5.74, 6) is 0.298. The van der Waals surface area contributed by atoms with E-state index in [1.165, 1.54) is 4.68 Å². The van der Waals surface area contributed by atoms with Gasteiger partial charge in [0.25, 0.3) is 5.56 Å². The molecule has 0 aliphatic rings. The van der Waals surface area contributed by atoms with Crippen LogP contribution in [0.15, 0.2) is 41.2 Å². The van der Waals surface area contributed by atoms with Gasteiger partial charge in [0.1, 0.15) is 16.9 Å². The third-order valence-corrected chi connectivity index (χ3v) is 6.29. The molecule has 0 unspecified atom stereocenters. The summed E-state index contributed by atoms with van der Waals surface area (Å²) in [6.45, 7) is 6.80. The number of hydrogen-bond donors (Lipinski definition) is 3. The quantitative estimate of drug-likeness (QED) is 0.276. The molecular weight excluding hydrogens is 523 g/mol. The molecule has 0 aliphatic carbocycles. The van der Waals surface area contributed by atoms with E-state index in [2.05, 4.69) is 20.7 Å². The smallest absolute Gasteiger partial charge is 0.262 e. The maximum Gasteiger partial charge on any atom is 0.262 e. The van der Waals surface area contributed by atoms with Crippen LogP contribution in [0.2, 0.25) is 15.1 Å². The minimum Gasteiger partial charge on any atom is -0.325 e. The number of fused-ring (bicyclic) bond motifs is 1. The molecule has 0 bridgehead atoms. The first kappa shape index (κ1) is 26.2. The van der Waals surface area contributed by atoms with Crippen molar-refractivity contribution in [3.05, 3.63) is 78.9 Å². The van der Waals surface area contributed by atoms with Gasteiger partial charge in [-0.25, -0.2) is 9.67 Å². The third kappa shape index (κ3) is 5.57. The number of amides is 1. The lowest BCUT2D eigenvalue weighted by Crippen LogP contribution is -2.27. The standard InChI is InChI=1S/C25H25Cl3N6O2/c1-4-29-12-20(35)30-16-7-5-14(6-8-16)9-19-31-24-21(25(36)32-19)22(13(2)3)33-34(24)23-17(27)10-15(26)11-18(23)28/h5-8,10-11,13,29H,4,9,12H2,1-3H3,(H,30,35)(H,31,32,36). The fourth-order valence-corrected chi connectivity index (χ4v) is 4.80. The van der Waals surface area contributed by atoms with Gasteiger partial charge in [0.2, 0.25) is 5.91 Å². The molecule has 0 fully saturated rings. The number of halogens is 3. The number of aromatic amines is 1. The number of H-pyrrole nitrogens is 1. The molecule has 11 heteroatoms. The van der Waals surface area contributed by atoms with Crippen LogP contribution in [0.25, 0.3) is 16.7 Å². The first-order valence-electron chi connectivity index (χ1n) is 11.4. The van der Waals surface area contributed by atoms with Crippen molar-refractivity contribution in [2.45, 2.75) is 33.1 Å². The molecule has 2 heterocycles. The van der Waals surface area contributed by atoms with Gasteiger partial charge in [0.05, 0.1) is 22.3 Å². The van der Waals surface area contributed by atoms with Gasteiger partial charge in [-0.1, -0.05) is 67.7 Å². The maximum atomic E-state index is 13.2. The van der Waals surface area contributed by atoms with Gasteiger partial charge in [-0.2, -0.15) is 5.10 Å². The van der Waals surface area contributed by atoms with E-state index in [-0.39, 0.29) is 23.9 Å². The molecule has 2 aromatic heterocycles. The van der Waals surface area contributed by atoms with Crippen LogP contribution in [0, 0.1) is 0 Å². The molecule has 4 rings (SSSR count). The Bertz CT molecular complexity index is 1450. The Morgan fingerprint density at radius 2 is 1.78 bits per heavy atom. The average Bonchev–Trinajstić information content (AvgIpc) is 3.18. The number of aromatic nitrogens is 4. The lowest BCUT2D eigenvalue weighted by molar-refractivity contribution is -0.115. The Morgan fingerprint density at radius 3 is 2.39 bits per heavy atom. The molecule has 3 N–H and O–H groups in total. The maximum absolute atomic E-state index is 13.2. The summed E-state index contributed by atoms with van der Waals surface area (Å²) < 4.78 is 1.51. The minimum atomic E-state index is -0.293. The van der Waals surface area contributed by atoms with Crippen molar-refractivity contribution < 1.29 is 4.79 Å². The van der Waals surface area contributed by atoms with E-state index in [4.69, 9.17) is 39.8 Å². The number of benzene rings is 2. The number of anilines is 1. The summed E-state index contributed by atoms with van der Waals surface area (Å²) in [5.41, 5.74) is 2.64. The van der Waals surface area contributed by atoms with E-state index in [1.54, 1.807) is 12.1 Å². The number of nitrogens with zero attached hydrogens (tertiary/aromatic N) is 3. The van der Waals surface area contributed by atoms with Crippen molar-refractivity contribution in [1.29, 1.82) is 0 Å². The van der Waals surface area contributed by atoms with Crippen molar-refractivity contribution in [3.63, 3.8) is 0 Å². The minimum absolute atomic E-state index is 0.0392. The molecule has 36 heavy (non-hydrogen) atoms. The number of nitrogens with one attached hydrogen (secondary N) is 3. The van der Waals surface area contributed by atoms with Gasteiger partial charge in [-0.15, -0.1) is 0 Å². The van der Waals surface area contributed by atoms with Gasteiger partial charge in [-0.3, -0.25) is 9.59 Å². The summed E-state index contributed by atoms with van der Waals surface area (Å²) >= 11 is 19.0. The van der Waals surface area contributed by atoms with E-state index in [9.17, 15) is 9.59 Å². The second-order valence-corrected chi connectivity index (χ2v) is 9.83. The highest BCUT2D eigenvalue weighted by molar-refractivity contribution is 6.40. The fourth-order valence-electron chi connectivity index (χ4n) is 3.82. The lowest BCUT2D eigenvalue weighted by Gasteiger charge is -2.10. The summed E-state index contributed by atoms with van der Waals surface area (Å²) in [7, 11) is 0. The summed E-state index contributed by atoms with van der Waals surface area (Å²) in [6, 6.07) is 10.5. The molecule has 0 saturated carbocycles. The van der Waals surface area contributed by atoms with Crippen LogP contribution in [0.4, 0.5) is 5.69 Å². The molecule has 188 valence electrons. The molecule has 0 aliphatic heterocycles. The van der Waals surface area contributed by atoms with E-state index in [0.29, 0.717) is 55.4 Å². The van der Waals surface area contributed by atoms with Crippen LogP contribution in [0.5, 0.6) is 0 Å². The van der Waals surface area contributed by atoms with Crippen LogP contribution in [-0.2, 0) is 11.2 Å². The van der Waals surface area contributed by atoms with Crippen LogP contribution in [0.3, 0.4) is 0 Å². The van der Waals surface area contributed by atoms with Gasteiger partial charge < -0.3 is 15.6 Å². The number of rotatable bonds is 8. The van der Waals surface area contributed by atoms with E-state index >= 15 is 0 Å². The highest BCUT2D eigenvalue weighted by atomic mass is 35.5. The zero-order valence-corrected chi connectivity index (χ0v) is 22.2. The number of carbonyl (C=O) groups excluding carboxylic acids is 1. The van der Waals surface area contributed by atoms with Gasteiger partial charge in [0.15, 0.2) is 5.65 Å². The highest BCUT2D eigenvalue weighted by Crippen LogP contribution is 2.34. The molecule has 2 aromatic carbocycles. The molecule has 0 radical (unpaired) electrons. The van der Waals surface area contributed by atoms with E-state index in [0.717, 1.165) is 12.1 Å². The number of hydrogen-bond acceptors (Lipinski definition) is 5. The van der Waals surface area contributed by atoms with Crippen LogP contribution < -0.4 is 16.2 Å². The molecule has 0 spiro atoms. The van der Waals surface area contributed by atoms with Crippen LogP contribution >= 0.6 is 34.8 Å². The molecular formula is C25H25Cl3N6O2. The Morgan fingerprint density at radius 1 is 1.11 bits per heavy atom. The monoisotopic (exact) mass is 546 g/mol. The second-order valence-electron chi connectivity index (χ2n) is 8.58. The Balaban J connectivity index is 1.71. The average molecular weight is 548 g/mol. The van der Waals surface area contributed by atoms with Crippen molar-refractivity contribution >= 4 is 57.4 Å². The molecule has 0 saturated heterocycles. The zero-order valence-electron chi connectivity index (χ0n) is 20.0. The van der Waals surface area contributed by atoms with Crippen molar-refractivity contribution in [3.8, 4) is 5.69 Å². The molecule has 0 atom stereocenters. The Hall–Kier alpha value is -2.91. The first-order chi connectivity index (χ1) is 17.2. The predicted molar refractivity (Wildman–Crippen MR) is 145 cm³/mol. The summed E-state index contributed by atoms with van der Waals surface area (Å²) in [4.78, 5) is 32.7. The topological polar surface area (TPSA) is 105 Å². The van der Waals surface area contributed by atoms with E-state index < -0.39 is 0 Å². The SMILES string of the molecule is CCNCC(=O)Nc1ccc(Cc2nc3c(c(C(C)C)nn3-c3c(Cl)cc(Cl)cc3Cl)c(=O)[nH]2)cc1. The highest BCUT2D eigenvalue weighted by Gasteiger charge is 2.23. The Kier molecular flexibility index (Phi) is 8.00. The van der Waals surface area contributed by atoms with E-state index in [1.807, 2.05) is 45.0 Å². The number of carbonyl (C=O) groups is 1. The van der Waals surface area contributed by atoms with Crippen molar-refractivity contribution in [2.75, 3.05) is 18.4 Å². The normalized spacial score (nSPS) is 11.4. The number of likely N-dealkylation sites (N-methyl/N-ethyl adjacent to an activating group) is 1. The lowest BCUT2D eigenvalue weighted by atomic mass is 10.1.